The molecule has 1 aromatic heterocycles. The monoisotopic (exact) mass is 280 g/mol. The van der Waals surface area contributed by atoms with Crippen LogP contribution < -0.4 is 4.74 Å². The summed E-state index contributed by atoms with van der Waals surface area (Å²) in [6.07, 6.45) is 0. The summed E-state index contributed by atoms with van der Waals surface area (Å²) in [6.45, 7) is 0. The molecule has 1 N–H and O–H groups in total. The third-order valence-corrected chi connectivity index (χ3v) is 2.58. The Labute approximate surface area is 113 Å². The Morgan fingerprint density at radius 3 is 2.47 bits per heavy atom. The second-order valence-electron chi connectivity index (χ2n) is 3.69. The van der Waals surface area contributed by atoms with Gasteiger partial charge in [0, 0.05) is 18.1 Å². The van der Waals surface area contributed by atoms with E-state index in [9.17, 15) is 9.59 Å². The van der Waals surface area contributed by atoms with E-state index in [0.717, 1.165) is 10.7 Å². The molecule has 7 heteroatoms. The number of hydrogen-bond acceptors (Lipinski definition) is 4. The molecule has 0 radical (unpaired) electrons. The number of esters is 1. The van der Waals surface area contributed by atoms with Crippen LogP contribution in [-0.2, 0) is 7.05 Å². The molecule has 0 saturated carbocycles. The number of carboxylic acids is 1. The van der Waals surface area contributed by atoms with E-state index in [1.54, 1.807) is 12.1 Å². The summed E-state index contributed by atoms with van der Waals surface area (Å²) in [5.74, 6) is -1.59. The molecule has 0 amide bonds. The highest BCUT2D eigenvalue weighted by atomic mass is 35.5. The second-order valence-corrected chi connectivity index (χ2v) is 4.12. The lowest BCUT2D eigenvalue weighted by Crippen LogP contribution is -2.09. The molecule has 98 valence electrons. The van der Waals surface area contributed by atoms with Crippen LogP contribution in [0.25, 0.3) is 0 Å². The number of aryl methyl sites for hydroxylation is 1. The van der Waals surface area contributed by atoms with Crippen LogP contribution in [0.4, 0.5) is 0 Å². The molecule has 0 aliphatic heterocycles. The number of carboxylic acid groups (broad SMARTS) is 1. The third kappa shape index (κ3) is 2.92. The summed E-state index contributed by atoms with van der Waals surface area (Å²) in [6, 6.07) is 7.36. The van der Waals surface area contributed by atoms with Gasteiger partial charge in [0.25, 0.3) is 0 Å². The number of nitrogens with zero attached hydrogens (tertiary/aromatic N) is 2. The number of aromatic carboxylic acids is 1. The number of hydrogen-bond donors (Lipinski definition) is 1. The predicted octanol–water partition coefficient (Wildman–Crippen LogP) is 1.99. The molecular formula is C12H9ClN2O4. The Bertz CT molecular complexity index is 634. The van der Waals surface area contributed by atoms with Gasteiger partial charge in [-0.1, -0.05) is 11.6 Å². The first kappa shape index (κ1) is 13.1. The zero-order valence-electron chi connectivity index (χ0n) is 9.83. The highest BCUT2D eigenvalue weighted by molar-refractivity contribution is 6.30. The fourth-order valence-electron chi connectivity index (χ4n) is 1.43. The molecule has 1 aromatic carbocycles. The van der Waals surface area contributed by atoms with Crippen molar-refractivity contribution in [3.63, 3.8) is 0 Å². The maximum atomic E-state index is 11.8. The van der Waals surface area contributed by atoms with Gasteiger partial charge in [0.05, 0.1) is 0 Å². The van der Waals surface area contributed by atoms with Gasteiger partial charge >= 0.3 is 11.9 Å². The minimum atomic E-state index is -1.17. The molecule has 6 nitrogen and oxygen atoms in total. The van der Waals surface area contributed by atoms with Crippen LogP contribution in [0.5, 0.6) is 5.75 Å². The number of carbonyl (C=O) groups is 2. The van der Waals surface area contributed by atoms with Crippen LogP contribution in [0.2, 0.25) is 5.02 Å². The SMILES string of the molecule is Cn1nc(C(=O)Oc2ccc(Cl)cc2)cc1C(=O)O. The van der Waals surface area contributed by atoms with Crippen LogP contribution >= 0.6 is 11.6 Å². The van der Waals surface area contributed by atoms with Gasteiger partial charge < -0.3 is 9.84 Å². The molecule has 0 aliphatic carbocycles. The standard InChI is InChI=1S/C12H9ClN2O4/c1-15-10(11(16)17)6-9(14-15)12(18)19-8-4-2-7(13)3-5-8/h2-6H,1H3,(H,16,17). The van der Waals surface area contributed by atoms with Gasteiger partial charge in [-0.25, -0.2) is 9.59 Å². The maximum absolute atomic E-state index is 11.8. The predicted molar refractivity (Wildman–Crippen MR) is 66.6 cm³/mol. The van der Waals surface area contributed by atoms with Crippen molar-refractivity contribution in [3.8, 4) is 5.75 Å². The molecule has 2 aromatic rings. The highest BCUT2D eigenvalue weighted by Crippen LogP contribution is 2.17. The molecule has 0 fully saturated rings. The van der Waals surface area contributed by atoms with E-state index in [2.05, 4.69) is 5.10 Å². The maximum Gasteiger partial charge on any atom is 0.364 e. The molecule has 0 bridgehead atoms. The average molecular weight is 281 g/mol. The largest absolute Gasteiger partial charge is 0.477 e. The number of aromatic nitrogens is 2. The first-order valence-electron chi connectivity index (χ1n) is 5.22. The van der Waals surface area contributed by atoms with Crippen LogP contribution in [0.3, 0.4) is 0 Å². The van der Waals surface area contributed by atoms with Crippen molar-refractivity contribution in [1.82, 2.24) is 9.78 Å². The van der Waals surface area contributed by atoms with Gasteiger partial charge in [0.1, 0.15) is 11.4 Å². The molecule has 0 unspecified atom stereocenters. The molecule has 19 heavy (non-hydrogen) atoms. The molecule has 2 rings (SSSR count). The molecule has 0 aliphatic rings. The van der Waals surface area contributed by atoms with Crippen molar-refractivity contribution in [2.45, 2.75) is 0 Å². The van der Waals surface area contributed by atoms with E-state index >= 15 is 0 Å². The molecule has 0 spiro atoms. The minimum Gasteiger partial charge on any atom is -0.477 e. The first-order valence-corrected chi connectivity index (χ1v) is 5.60. The summed E-state index contributed by atoms with van der Waals surface area (Å²) in [7, 11) is 1.43. The number of benzene rings is 1. The molecule has 0 saturated heterocycles. The van der Waals surface area contributed by atoms with Gasteiger partial charge in [0.15, 0.2) is 5.69 Å². The Hall–Kier alpha value is -2.34. The summed E-state index contributed by atoms with van der Waals surface area (Å²) < 4.78 is 6.14. The number of halogens is 1. The summed E-state index contributed by atoms with van der Waals surface area (Å²) in [4.78, 5) is 22.6. The zero-order valence-corrected chi connectivity index (χ0v) is 10.6. The Morgan fingerprint density at radius 2 is 1.95 bits per heavy atom. The van der Waals surface area contributed by atoms with Crippen molar-refractivity contribution < 1.29 is 19.4 Å². The quantitative estimate of drug-likeness (QED) is 0.687. The van der Waals surface area contributed by atoms with Crippen molar-refractivity contribution in [1.29, 1.82) is 0 Å². The molecular weight excluding hydrogens is 272 g/mol. The van der Waals surface area contributed by atoms with Crippen molar-refractivity contribution >= 4 is 23.5 Å². The van der Waals surface area contributed by atoms with E-state index in [-0.39, 0.29) is 11.4 Å². The number of carbonyl (C=O) groups excluding carboxylic acids is 1. The van der Waals surface area contributed by atoms with Gasteiger partial charge in [0.2, 0.25) is 0 Å². The fraction of sp³-hybridized carbons (Fsp3) is 0.0833. The summed E-state index contributed by atoms with van der Waals surface area (Å²) >= 11 is 5.70. The lowest BCUT2D eigenvalue weighted by Gasteiger charge is -2.01. The number of ether oxygens (including phenoxy) is 1. The number of rotatable bonds is 3. The van der Waals surface area contributed by atoms with Gasteiger partial charge in [-0.15, -0.1) is 0 Å². The topological polar surface area (TPSA) is 81.4 Å². The molecule has 0 atom stereocenters. The molecule has 1 heterocycles. The fourth-order valence-corrected chi connectivity index (χ4v) is 1.56. The van der Waals surface area contributed by atoms with Gasteiger partial charge in [-0.2, -0.15) is 5.10 Å². The first-order chi connectivity index (χ1) is 8.97. The van der Waals surface area contributed by atoms with Crippen LogP contribution in [0.1, 0.15) is 21.0 Å². The average Bonchev–Trinajstić information content (AvgIpc) is 2.74. The van der Waals surface area contributed by atoms with Crippen molar-refractivity contribution in [2.75, 3.05) is 0 Å². The van der Waals surface area contributed by atoms with E-state index in [1.807, 2.05) is 0 Å². The van der Waals surface area contributed by atoms with Crippen molar-refractivity contribution in [3.05, 3.63) is 46.7 Å². The highest BCUT2D eigenvalue weighted by Gasteiger charge is 2.18. The van der Waals surface area contributed by atoms with Gasteiger partial charge in [-0.3, -0.25) is 4.68 Å². The van der Waals surface area contributed by atoms with Crippen molar-refractivity contribution in [2.24, 2.45) is 7.05 Å². The smallest absolute Gasteiger partial charge is 0.364 e. The third-order valence-electron chi connectivity index (χ3n) is 2.33. The summed E-state index contributed by atoms with van der Waals surface area (Å²) in [5, 5.41) is 13.2. The zero-order chi connectivity index (χ0) is 14.0. The lowest BCUT2D eigenvalue weighted by atomic mass is 10.3. The van der Waals surface area contributed by atoms with Crippen LogP contribution in [0.15, 0.2) is 30.3 Å². The second kappa shape index (κ2) is 5.11. The lowest BCUT2D eigenvalue weighted by molar-refractivity contribution is 0.0683. The van der Waals surface area contributed by atoms with Gasteiger partial charge in [-0.05, 0) is 24.3 Å². The van der Waals surface area contributed by atoms with E-state index in [1.165, 1.54) is 19.2 Å². The van der Waals surface area contributed by atoms with Crippen LogP contribution in [-0.4, -0.2) is 26.8 Å². The minimum absolute atomic E-state index is 0.0742. The Kier molecular flexibility index (Phi) is 3.52. The Morgan fingerprint density at radius 1 is 1.32 bits per heavy atom. The van der Waals surface area contributed by atoms with E-state index < -0.39 is 11.9 Å². The normalized spacial score (nSPS) is 10.2. The van der Waals surface area contributed by atoms with E-state index in [4.69, 9.17) is 21.4 Å². The van der Waals surface area contributed by atoms with E-state index in [0.29, 0.717) is 10.8 Å². The Balaban J connectivity index is 2.18. The summed E-state index contributed by atoms with van der Waals surface area (Å²) in [5.41, 5.74) is -0.169. The van der Waals surface area contributed by atoms with Crippen LogP contribution in [0, 0.1) is 0 Å².